The quantitative estimate of drug-likeness (QED) is 0.357. The third kappa shape index (κ3) is 4.05. The highest BCUT2D eigenvalue weighted by molar-refractivity contribution is 5.98. The van der Waals surface area contributed by atoms with Crippen molar-refractivity contribution in [3.05, 3.63) is 36.9 Å². The Morgan fingerprint density at radius 1 is 1.33 bits per heavy atom. The second kappa shape index (κ2) is 10.0. The van der Waals surface area contributed by atoms with Gasteiger partial charge in [0.25, 0.3) is 0 Å². The number of benzene rings is 1. The van der Waals surface area contributed by atoms with Gasteiger partial charge in [0.05, 0.1) is 36.3 Å². The van der Waals surface area contributed by atoms with E-state index >= 15 is 0 Å². The molecule has 1 aromatic carbocycles. The summed E-state index contributed by atoms with van der Waals surface area (Å²) in [6, 6.07) is 5.78. The van der Waals surface area contributed by atoms with Crippen LogP contribution < -0.4 is 0 Å². The number of para-hydroxylation sites is 1. The van der Waals surface area contributed by atoms with Crippen LogP contribution in [0.1, 0.15) is 40.5 Å². The van der Waals surface area contributed by atoms with Crippen molar-refractivity contribution in [3.63, 3.8) is 0 Å². The number of ether oxygens (including phenoxy) is 2. The average molecular weight is 540 g/mol. The van der Waals surface area contributed by atoms with Crippen molar-refractivity contribution in [2.45, 2.75) is 70.5 Å². The molecule has 2 amide bonds. The maximum Gasteiger partial charge on any atom is 0.312 e. The number of hydrogen-bond acceptors (Lipinski definition) is 8. The highest BCUT2D eigenvalue weighted by Crippen LogP contribution is 2.63. The fourth-order valence-corrected chi connectivity index (χ4v) is 6.94. The van der Waals surface area contributed by atoms with E-state index < -0.39 is 41.1 Å². The monoisotopic (exact) mass is 539 g/mol. The van der Waals surface area contributed by atoms with Crippen LogP contribution in [0.4, 0.5) is 0 Å². The molecule has 1 N–H and O–H groups in total. The Morgan fingerprint density at radius 3 is 2.74 bits per heavy atom. The lowest BCUT2D eigenvalue weighted by atomic mass is 9.66. The zero-order chi connectivity index (χ0) is 28.1. The van der Waals surface area contributed by atoms with E-state index in [2.05, 4.69) is 16.9 Å². The number of carbonyl (C=O) groups is 3. The lowest BCUT2D eigenvalue weighted by molar-refractivity contribution is -0.162. The van der Waals surface area contributed by atoms with E-state index in [1.807, 2.05) is 45.0 Å². The van der Waals surface area contributed by atoms with Crippen LogP contribution >= 0.6 is 0 Å². The summed E-state index contributed by atoms with van der Waals surface area (Å²) >= 11 is 0. The number of amides is 2. The second-order valence-corrected chi connectivity index (χ2v) is 11.3. The van der Waals surface area contributed by atoms with E-state index in [1.54, 1.807) is 22.6 Å². The molecule has 2 aromatic rings. The van der Waals surface area contributed by atoms with Gasteiger partial charge in [-0.3, -0.25) is 14.4 Å². The minimum Gasteiger partial charge on any atom is -0.466 e. The number of aliphatic hydroxyl groups excluding tert-OH is 1. The first-order valence-electron chi connectivity index (χ1n) is 13.6. The fraction of sp³-hybridized carbons (Fsp3) is 0.607. The fourth-order valence-electron chi connectivity index (χ4n) is 6.94. The number of likely N-dealkylation sites (tertiary alicyclic amines) is 1. The summed E-state index contributed by atoms with van der Waals surface area (Å²) in [6.07, 6.45) is 2.57. The normalized spacial score (nSPS) is 30.2. The van der Waals surface area contributed by atoms with Crippen molar-refractivity contribution in [2.24, 2.45) is 17.8 Å². The van der Waals surface area contributed by atoms with Crippen LogP contribution in [0.2, 0.25) is 0 Å². The van der Waals surface area contributed by atoms with Crippen molar-refractivity contribution in [3.8, 4) is 0 Å². The third-order valence-corrected chi connectivity index (χ3v) is 8.69. The Hall–Kier alpha value is -3.31. The lowest BCUT2D eigenvalue weighted by Crippen LogP contribution is -2.59. The molecule has 3 fully saturated rings. The Morgan fingerprint density at radius 2 is 2.08 bits per heavy atom. The van der Waals surface area contributed by atoms with Crippen LogP contribution in [0, 0.1) is 17.8 Å². The van der Waals surface area contributed by atoms with Gasteiger partial charge < -0.3 is 24.4 Å². The SMILES string of the molecule is C=CCN(Cn1nnc2ccccc21)C(=O)C1N([C@@H](CO)C(C)C)C(=O)[C@@H]2[C@H](C(=O)OCC)[C@]3(C)CCC12O3. The van der Waals surface area contributed by atoms with Gasteiger partial charge in [0.1, 0.15) is 29.7 Å². The van der Waals surface area contributed by atoms with E-state index in [1.165, 1.54) is 4.90 Å². The van der Waals surface area contributed by atoms with Crippen molar-refractivity contribution < 1.29 is 29.0 Å². The standard InChI is InChI=1S/C28H37N5O6/c1-6-14-31(16-32-19-11-9-8-10-18(19)29-30-32)25(36)23-28-13-12-27(5,39-28)22(26(37)38-7-2)21(28)24(35)33(23)20(15-34)17(3)4/h6,8-11,17,20-23,34H,1,7,12-16H2,2-5H3/t20-,21-,22+,23?,27-,28?/m0/s1. The molecule has 6 atom stereocenters. The number of rotatable bonds is 10. The topological polar surface area (TPSA) is 127 Å². The Balaban J connectivity index is 1.59. The van der Waals surface area contributed by atoms with E-state index in [-0.39, 0.29) is 44.2 Å². The molecule has 5 rings (SSSR count). The molecule has 1 aromatic heterocycles. The van der Waals surface area contributed by atoms with Crippen molar-refractivity contribution in [1.82, 2.24) is 24.8 Å². The van der Waals surface area contributed by atoms with Gasteiger partial charge in [-0.2, -0.15) is 0 Å². The number of hydrogen-bond donors (Lipinski definition) is 1. The smallest absolute Gasteiger partial charge is 0.312 e. The van der Waals surface area contributed by atoms with Gasteiger partial charge >= 0.3 is 5.97 Å². The maximum atomic E-state index is 14.6. The largest absolute Gasteiger partial charge is 0.466 e. The van der Waals surface area contributed by atoms with Gasteiger partial charge in [-0.1, -0.05) is 37.3 Å². The highest BCUT2D eigenvalue weighted by atomic mass is 16.6. The van der Waals surface area contributed by atoms with Gasteiger partial charge in [0.15, 0.2) is 0 Å². The molecule has 0 radical (unpaired) electrons. The predicted octanol–water partition coefficient (Wildman–Crippen LogP) is 1.75. The zero-order valence-corrected chi connectivity index (χ0v) is 22.9. The minimum atomic E-state index is -1.22. The number of esters is 1. The molecule has 4 heterocycles. The molecule has 11 heteroatoms. The molecule has 3 aliphatic heterocycles. The maximum absolute atomic E-state index is 14.6. The van der Waals surface area contributed by atoms with Crippen LogP contribution in [0.25, 0.3) is 11.0 Å². The predicted molar refractivity (Wildman–Crippen MR) is 141 cm³/mol. The number of aliphatic hydroxyl groups is 1. The van der Waals surface area contributed by atoms with Crippen molar-refractivity contribution in [2.75, 3.05) is 19.8 Å². The summed E-state index contributed by atoms with van der Waals surface area (Å²) in [5.41, 5.74) is -0.678. The van der Waals surface area contributed by atoms with Gasteiger partial charge in [-0.25, -0.2) is 4.68 Å². The summed E-state index contributed by atoms with van der Waals surface area (Å²) in [5, 5.41) is 18.8. The average Bonchev–Trinajstić information content (AvgIpc) is 3.60. The van der Waals surface area contributed by atoms with Gasteiger partial charge in [0.2, 0.25) is 11.8 Å². The van der Waals surface area contributed by atoms with E-state index in [0.717, 1.165) is 5.52 Å². The number of carbonyl (C=O) groups excluding carboxylic acids is 3. The molecule has 3 saturated heterocycles. The minimum absolute atomic E-state index is 0.0781. The number of fused-ring (bicyclic) bond motifs is 2. The Kier molecular flexibility index (Phi) is 7.00. The molecule has 0 saturated carbocycles. The van der Waals surface area contributed by atoms with E-state index in [9.17, 15) is 19.5 Å². The summed E-state index contributed by atoms with van der Waals surface area (Å²) in [6.45, 7) is 11.3. The van der Waals surface area contributed by atoms with Crippen molar-refractivity contribution in [1.29, 1.82) is 0 Å². The van der Waals surface area contributed by atoms with Crippen molar-refractivity contribution >= 4 is 28.8 Å². The van der Waals surface area contributed by atoms with Gasteiger partial charge in [-0.05, 0) is 44.7 Å². The first-order valence-corrected chi connectivity index (χ1v) is 13.6. The molecule has 0 aliphatic carbocycles. The molecule has 210 valence electrons. The molecule has 11 nitrogen and oxygen atoms in total. The van der Waals surface area contributed by atoms with Crippen LogP contribution in [-0.4, -0.2) is 90.7 Å². The number of nitrogens with zero attached hydrogens (tertiary/aromatic N) is 5. The lowest BCUT2D eigenvalue weighted by Gasteiger charge is -2.40. The summed E-state index contributed by atoms with van der Waals surface area (Å²) in [5.74, 6) is -3.06. The molecule has 39 heavy (non-hydrogen) atoms. The van der Waals surface area contributed by atoms with Crippen LogP contribution in [0.15, 0.2) is 36.9 Å². The zero-order valence-electron chi connectivity index (χ0n) is 22.9. The van der Waals surface area contributed by atoms with Crippen LogP contribution in [-0.2, 0) is 30.5 Å². The molecule has 2 bridgehead atoms. The molecular weight excluding hydrogens is 502 g/mol. The highest BCUT2D eigenvalue weighted by Gasteiger charge is 2.79. The Bertz CT molecular complexity index is 1290. The van der Waals surface area contributed by atoms with E-state index in [0.29, 0.717) is 18.4 Å². The summed E-state index contributed by atoms with van der Waals surface area (Å²) in [4.78, 5) is 45.1. The second-order valence-electron chi connectivity index (χ2n) is 11.3. The third-order valence-electron chi connectivity index (χ3n) is 8.69. The van der Waals surface area contributed by atoms with E-state index in [4.69, 9.17) is 9.47 Å². The van der Waals surface area contributed by atoms with Crippen LogP contribution in [0.5, 0.6) is 0 Å². The summed E-state index contributed by atoms with van der Waals surface area (Å²) < 4.78 is 13.7. The molecular formula is C28H37N5O6. The molecule has 3 aliphatic rings. The van der Waals surface area contributed by atoms with Crippen LogP contribution in [0.3, 0.4) is 0 Å². The Labute approximate surface area is 227 Å². The number of aromatic nitrogens is 3. The summed E-state index contributed by atoms with van der Waals surface area (Å²) in [7, 11) is 0. The molecule has 1 spiro atoms. The molecule has 2 unspecified atom stereocenters. The van der Waals surface area contributed by atoms with Gasteiger partial charge in [0, 0.05) is 6.54 Å². The first-order chi connectivity index (χ1) is 18.6. The van der Waals surface area contributed by atoms with Gasteiger partial charge in [-0.15, -0.1) is 11.7 Å². The first kappa shape index (κ1) is 27.3.